The number of fused-ring (bicyclic) bond motifs is 1. The summed E-state index contributed by atoms with van der Waals surface area (Å²) in [5, 5.41) is 7.72. The normalized spacial score (nSPS) is 13.5. The second kappa shape index (κ2) is 8.98. The summed E-state index contributed by atoms with van der Waals surface area (Å²) in [5.41, 5.74) is 5.40. The number of methoxy groups -OCH3 is 2. The lowest BCUT2D eigenvalue weighted by Crippen LogP contribution is -2.33. The molecule has 0 fully saturated rings. The fourth-order valence-electron chi connectivity index (χ4n) is 3.85. The molecule has 1 aliphatic heterocycles. The lowest BCUT2D eigenvalue weighted by Gasteiger charge is -2.20. The first kappa shape index (κ1) is 19.9. The molecule has 1 aliphatic rings. The fraction of sp³-hybridized carbons (Fsp3) is 0.348. The number of carbonyl (C=O) groups is 1. The number of hydrogen-bond acceptors (Lipinski definition) is 5. The van der Waals surface area contributed by atoms with Gasteiger partial charge in [0.05, 0.1) is 19.9 Å². The number of aromatic amines is 1. The fourth-order valence-corrected chi connectivity index (χ4v) is 3.85. The maximum Gasteiger partial charge on any atom is 0.222 e. The van der Waals surface area contributed by atoms with Crippen LogP contribution in [0, 0.1) is 0 Å². The van der Waals surface area contributed by atoms with Crippen LogP contribution in [0.3, 0.4) is 0 Å². The van der Waals surface area contributed by atoms with Crippen LogP contribution in [0.15, 0.2) is 42.6 Å². The molecule has 3 heterocycles. The standard InChI is InChI=1S/C23H26N4O3/c1-29-18-6-4-17(5-7-18)23-19-10-13-27(14-11-20(19)25-26-23)22(28)8-3-16-9-12-24-21(15-16)30-2/h4-7,9,12,15H,3,8,10-11,13-14H2,1-2H3,(H,25,26). The molecule has 0 bridgehead atoms. The van der Waals surface area contributed by atoms with E-state index < -0.39 is 0 Å². The smallest absolute Gasteiger partial charge is 0.222 e. The number of benzene rings is 1. The van der Waals surface area contributed by atoms with Crippen molar-refractivity contribution >= 4 is 5.91 Å². The second-order valence-electron chi connectivity index (χ2n) is 7.35. The largest absolute Gasteiger partial charge is 0.497 e. The third-order valence-corrected chi connectivity index (χ3v) is 5.57. The maximum absolute atomic E-state index is 12.8. The zero-order valence-corrected chi connectivity index (χ0v) is 17.4. The summed E-state index contributed by atoms with van der Waals surface area (Å²) in [7, 11) is 3.25. The summed E-state index contributed by atoms with van der Waals surface area (Å²) in [5.74, 6) is 1.57. The minimum absolute atomic E-state index is 0.176. The van der Waals surface area contributed by atoms with E-state index in [1.807, 2.05) is 41.3 Å². The third kappa shape index (κ3) is 4.30. The van der Waals surface area contributed by atoms with Gasteiger partial charge in [-0.1, -0.05) is 0 Å². The Balaban J connectivity index is 1.40. The molecule has 0 spiro atoms. The predicted molar refractivity (Wildman–Crippen MR) is 114 cm³/mol. The predicted octanol–water partition coefficient (Wildman–Crippen LogP) is 3.05. The highest BCUT2D eigenvalue weighted by molar-refractivity contribution is 5.77. The average Bonchev–Trinajstić information content (AvgIpc) is 3.08. The molecule has 0 saturated heterocycles. The molecular formula is C23H26N4O3. The van der Waals surface area contributed by atoms with E-state index >= 15 is 0 Å². The first-order valence-corrected chi connectivity index (χ1v) is 10.1. The quantitative estimate of drug-likeness (QED) is 0.681. The summed E-state index contributed by atoms with van der Waals surface area (Å²) in [6, 6.07) is 11.7. The zero-order valence-electron chi connectivity index (χ0n) is 17.4. The second-order valence-corrected chi connectivity index (χ2v) is 7.35. The Bertz CT molecular complexity index is 1010. The van der Waals surface area contributed by atoms with Gasteiger partial charge in [-0.2, -0.15) is 5.10 Å². The molecule has 156 valence electrons. The lowest BCUT2D eigenvalue weighted by molar-refractivity contribution is -0.131. The Morgan fingerprint density at radius 1 is 1.10 bits per heavy atom. The summed E-state index contributed by atoms with van der Waals surface area (Å²) in [6.45, 7) is 1.41. The molecule has 0 aliphatic carbocycles. The van der Waals surface area contributed by atoms with E-state index in [9.17, 15) is 4.79 Å². The minimum atomic E-state index is 0.176. The average molecular weight is 406 g/mol. The first-order chi connectivity index (χ1) is 14.7. The monoisotopic (exact) mass is 406 g/mol. The highest BCUT2D eigenvalue weighted by Crippen LogP contribution is 2.28. The van der Waals surface area contributed by atoms with E-state index in [1.165, 1.54) is 5.56 Å². The molecule has 3 aromatic rings. The van der Waals surface area contributed by atoms with E-state index in [0.29, 0.717) is 31.8 Å². The number of nitrogens with zero attached hydrogens (tertiary/aromatic N) is 3. The Morgan fingerprint density at radius 2 is 1.90 bits per heavy atom. The van der Waals surface area contributed by atoms with Crippen molar-refractivity contribution in [2.75, 3.05) is 27.3 Å². The van der Waals surface area contributed by atoms with E-state index in [-0.39, 0.29) is 5.91 Å². The highest BCUT2D eigenvalue weighted by Gasteiger charge is 2.23. The summed E-state index contributed by atoms with van der Waals surface area (Å²) < 4.78 is 10.4. The van der Waals surface area contributed by atoms with Crippen LogP contribution in [0.1, 0.15) is 23.2 Å². The van der Waals surface area contributed by atoms with Gasteiger partial charge in [0.15, 0.2) is 0 Å². The lowest BCUT2D eigenvalue weighted by atomic mass is 10.0. The molecule has 4 rings (SSSR count). The Kier molecular flexibility index (Phi) is 5.97. The van der Waals surface area contributed by atoms with Crippen LogP contribution in [0.25, 0.3) is 11.3 Å². The molecule has 0 atom stereocenters. The number of rotatable bonds is 6. The van der Waals surface area contributed by atoms with Gasteiger partial charge in [-0.15, -0.1) is 0 Å². The summed E-state index contributed by atoms with van der Waals surface area (Å²) in [6.07, 6.45) is 4.45. The highest BCUT2D eigenvalue weighted by atomic mass is 16.5. The number of carbonyl (C=O) groups excluding carboxylic acids is 1. The zero-order chi connectivity index (χ0) is 20.9. The number of aromatic nitrogens is 3. The molecule has 30 heavy (non-hydrogen) atoms. The summed E-state index contributed by atoms with van der Waals surface area (Å²) in [4.78, 5) is 18.9. The Morgan fingerprint density at radius 3 is 2.67 bits per heavy atom. The minimum Gasteiger partial charge on any atom is -0.497 e. The SMILES string of the molecule is COc1ccc(-c2n[nH]c3c2CCN(C(=O)CCc2ccnc(OC)c2)CC3)cc1. The van der Waals surface area contributed by atoms with Gasteiger partial charge in [-0.25, -0.2) is 4.98 Å². The van der Waals surface area contributed by atoms with Gasteiger partial charge in [0.1, 0.15) is 5.75 Å². The number of aryl methyl sites for hydroxylation is 1. The van der Waals surface area contributed by atoms with Crippen LogP contribution in [0.2, 0.25) is 0 Å². The molecule has 1 aromatic carbocycles. The molecule has 0 radical (unpaired) electrons. The number of ether oxygens (including phenoxy) is 2. The van der Waals surface area contributed by atoms with Crippen LogP contribution in [-0.2, 0) is 24.1 Å². The van der Waals surface area contributed by atoms with Gasteiger partial charge < -0.3 is 14.4 Å². The molecule has 7 heteroatoms. The Hall–Kier alpha value is -3.35. The molecule has 0 unspecified atom stereocenters. The van der Waals surface area contributed by atoms with Gasteiger partial charge in [0.25, 0.3) is 0 Å². The number of hydrogen-bond donors (Lipinski definition) is 1. The maximum atomic E-state index is 12.8. The molecule has 1 N–H and O–H groups in total. The van der Waals surface area contributed by atoms with Gasteiger partial charge in [0.2, 0.25) is 11.8 Å². The van der Waals surface area contributed by atoms with Gasteiger partial charge >= 0.3 is 0 Å². The van der Waals surface area contributed by atoms with Crippen molar-refractivity contribution in [2.24, 2.45) is 0 Å². The molecule has 0 saturated carbocycles. The van der Waals surface area contributed by atoms with E-state index in [2.05, 4.69) is 15.2 Å². The van der Waals surface area contributed by atoms with E-state index in [4.69, 9.17) is 9.47 Å². The first-order valence-electron chi connectivity index (χ1n) is 10.1. The Labute approximate surface area is 176 Å². The van der Waals surface area contributed by atoms with Crippen LogP contribution in [-0.4, -0.2) is 53.3 Å². The van der Waals surface area contributed by atoms with Crippen LogP contribution in [0.5, 0.6) is 11.6 Å². The van der Waals surface area contributed by atoms with Crippen molar-refractivity contribution in [3.05, 3.63) is 59.4 Å². The third-order valence-electron chi connectivity index (χ3n) is 5.57. The topological polar surface area (TPSA) is 80.3 Å². The van der Waals surface area contributed by atoms with Crippen molar-refractivity contribution in [1.29, 1.82) is 0 Å². The van der Waals surface area contributed by atoms with E-state index in [1.54, 1.807) is 20.4 Å². The van der Waals surface area contributed by atoms with Crippen molar-refractivity contribution < 1.29 is 14.3 Å². The molecular weight excluding hydrogens is 380 g/mol. The van der Waals surface area contributed by atoms with E-state index in [0.717, 1.165) is 41.1 Å². The van der Waals surface area contributed by atoms with Crippen molar-refractivity contribution in [1.82, 2.24) is 20.1 Å². The molecule has 1 amide bonds. The molecule has 2 aromatic heterocycles. The van der Waals surface area contributed by atoms with Crippen LogP contribution in [0.4, 0.5) is 0 Å². The van der Waals surface area contributed by atoms with Crippen molar-refractivity contribution in [3.8, 4) is 22.9 Å². The molecule has 7 nitrogen and oxygen atoms in total. The van der Waals surface area contributed by atoms with Crippen molar-refractivity contribution in [2.45, 2.75) is 25.7 Å². The van der Waals surface area contributed by atoms with Crippen molar-refractivity contribution in [3.63, 3.8) is 0 Å². The van der Waals surface area contributed by atoms with Gasteiger partial charge in [0, 0.05) is 55.0 Å². The number of H-pyrrole nitrogens is 1. The number of amides is 1. The van der Waals surface area contributed by atoms with Crippen LogP contribution >= 0.6 is 0 Å². The number of nitrogens with one attached hydrogen (secondary N) is 1. The van der Waals surface area contributed by atoms with Crippen LogP contribution < -0.4 is 9.47 Å². The number of pyridine rings is 1. The van der Waals surface area contributed by atoms with Gasteiger partial charge in [-0.05, 0) is 48.7 Å². The van der Waals surface area contributed by atoms with Gasteiger partial charge in [-0.3, -0.25) is 9.89 Å². The summed E-state index contributed by atoms with van der Waals surface area (Å²) >= 11 is 0.